The number of pyridine rings is 1. The summed E-state index contributed by atoms with van der Waals surface area (Å²) >= 11 is 5.80. The van der Waals surface area contributed by atoms with E-state index in [1.807, 2.05) is 27.1 Å². The summed E-state index contributed by atoms with van der Waals surface area (Å²) in [4.78, 5) is 6.26. The van der Waals surface area contributed by atoms with Crippen LogP contribution >= 0.6 is 11.6 Å². The minimum absolute atomic E-state index is 0.435. The Morgan fingerprint density at radius 3 is 2.80 bits per heavy atom. The van der Waals surface area contributed by atoms with Gasteiger partial charge in [-0.2, -0.15) is 0 Å². The molecule has 0 aliphatic carbocycles. The van der Waals surface area contributed by atoms with Gasteiger partial charge in [-0.15, -0.1) is 11.6 Å². The highest BCUT2D eigenvalue weighted by Gasteiger charge is 2.04. The Labute approximate surface area is 96.0 Å². The molecule has 84 valence electrons. The second kappa shape index (κ2) is 5.93. The van der Waals surface area contributed by atoms with Crippen LogP contribution in [0.1, 0.15) is 11.3 Å². The molecule has 1 heterocycles. The fourth-order valence-electron chi connectivity index (χ4n) is 1.14. The number of hydrogen-bond donors (Lipinski definition) is 0. The third-order valence-corrected chi connectivity index (χ3v) is 2.31. The van der Waals surface area contributed by atoms with Crippen LogP contribution in [0.2, 0.25) is 0 Å². The topological polar surface area (TPSA) is 25.4 Å². The summed E-state index contributed by atoms with van der Waals surface area (Å²) < 4.78 is 5.65. The summed E-state index contributed by atoms with van der Waals surface area (Å²) in [5.41, 5.74) is 1.89. The average Bonchev–Trinajstić information content (AvgIpc) is 2.17. The monoisotopic (exact) mass is 228 g/mol. The molecule has 0 saturated carbocycles. The van der Waals surface area contributed by atoms with Crippen molar-refractivity contribution >= 4 is 11.6 Å². The molecule has 1 aromatic rings. The minimum Gasteiger partial charge on any atom is -0.492 e. The van der Waals surface area contributed by atoms with Crippen molar-refractivity contribution in [1.29, 1.82) is 0 Å². The van der Waals surface area contributed by atoms with Crippen molar-refractivity contribution < 1.29 is 4.74 Å². The number of nitrogens with zero attached hydrogens (tertiary/aromatic N) is 2. The predicted molar refractivity (Wildman–Crippen MR) is 62.6 cm³/mol. The van der Waals surface area contributed by atoms with Crippen molar-refractivity contribution in [3.63, 3.8) is 0 Å². The Balaban J connectivity index is 2.62. The Morgan fingerprint density at radius 1 is 1.47 bits per heavy atom. The lowest BCUT2D eigenvalue weighted by Gasteiger charge is -2.13. The lowest BCUT2D eigenvalue weighted by atomic mass is 10.2. The SMILES string of the molecule is Cc1cc(OCCN(C)C)c(CCl)cn1. The maximum absolute atomic E-state index is 5.80. The van der Waals surface area contributed by atoms with Gasteiger partial charge in [-0.3, -0.25) is 4.98 Å². The summed E-state index contributed by atoms with van der Waals surface area (Å²) in [6, 6.07) is 1.92. The summed E-state index contributed by atoms with van der Waals surface area (Å²) in [5, 5.41) is 0. The summed E-state index contributed by atoms with van der Waals surface area (Å²) in [5.74, 6) is 1.28. The Hall–Kier alpha value is -0.800. The number of aryl methyl sites for hydroxylation is 1. The first-order chi connectivity index (χ1) is 7.13. The van der Waals surface area contributed by atoms with Gasteiger partial charge in [0.25, 0.3) is 0 Å². The first-order valence-electron chi connectivity index (χ1n) is 4.92. The van der Waals surface area contributed by atoms with Gasteiger partial charge in [-0.1, -0.05) is 0 Å². The van der Waals surface area contributed by atoms with Crippen LogP contribution in [0.5, 0.6) is 5.75 Å². The third-order valence-electron chi connectivity index (χ3n) is 2.02. The first kappa shape index (κ1) is 12.3. The van der Waals surface area contributed by atoms with Crippen LogP contribution in [0.15, 0.2) is 12.3 Å². The fourth-order valence-corrected chi connectivity index (χ4v) is 1.34. The summed E-state index contributed by atoms with van der Waals surface area (Å²) in [7, 11) is 4.03. The molecule has 15 heavy (non-hydrogen) atoms. The molecule has 1 rings (SSSR count). The van der Waals surface area contributed by atoms with Crippen LogP contribution in [-0.4, -0.2) is 37.1 Å². The molecule has 4 heteroatoms. The normalized spacial score (nSPS) is 10.7. The highest BCUT2D eigenvalue weighted by molar-refractivity contribution is 6.17. The van der Waals surface area contributed by atoms with E-state index in [0.29, 0.717) is 12.5 Å². The van der Waals surface area contributed by atoms with Gasteiger partial charge >= 0.3 is 0 Å². The maximum Gasteiger partial charge on any atom is 0.127 e. The van der Waals surface area contributed by atoms with E-state index in [2.05, 4.69) is 9.88 Å². The number of rotatable bonds is 5. The maximum atomic E-state index is 5.80. The van der Waals surface area contributed by atoms with Crippen LogP contribution in [0.3, 0.4) is 0 Å². The highest BCUT2D eigenvalue weighted by Crippen LogP contribution is 2.20. The van der Waals surface area contributed by atoms with Gasteiger partial charge in [-0.05, 0) is 21.0 Å². The van der Waals surface area contributed by atoms with Gasteiger partial charge in [-0.25, -0.2) is 0 Å². The zero-order valence-corrected chi connectivity index (χ0v) is 10.2. The van der Waals surface area contributed by atoms with Gasteiger partial charge in [0.1, 0.15) is 12.4 Å². The van der Waals surface area contributed by atoms with E-state index in [0.717, 1.165) is 23.6 Å². The van der Waals surface area contributed by atoms with Crippen molar-refractivity contribution in [2.24, 2.45) is 0 Å². The van der Waals surface area contributed by atoms with E-state index in [9.17, 15) is 0 Å². The molecule has 0 N–H and O–H groups in total. The third kappa shape index (κ3) is 4.06. The van der Waals surface area contributed by atoms with Crippen LogP contribution in [0.4, 0.5) is 0 Å². The summed E-state index contributed by atoms with van der Waals surface area (Å²) in [6.07, 6.45) is 1.77. The number of hydrogen-bond acceptors (Lipinski definition) is 3. The smallest absolute Gasteiger partial charge is 0.127 e. The lowest BCUT2D eigenvalue weighted by Crippen LogP contribution is -2.19. The minimum atomic E-state index is 0.435. The number of aromatic nitrogens is 1. The zero-order chi connectivity index (χ0) is 11.3. The molecular weight excluding hydrogens is 212 g/mol. The van der Waals surface area contributed by atoms with Crippen molar-refractivity contribution in [1.82, 2.24) is 9.88 Å². The second-order valence-corrected chi connectivity index (χ2v) is 3.99. The molecule has 1 aromatic heterocycles. The average molecular weight is 229 g/mol. The molecule has 0 unspecified atom stereocenters. The predicted octanol–water partition coefficient (Wildman–Crippen LogP) is 2.07. The molecule has 0 saturated heterocycles. The van der Waals surface area contributed by atoms with E-state index in [-0.39, 0.29) is 0 Å². The van der Waals surface area contributed by atoms with Gasteiger partial charge in [0.15, 0.2) is 0 Å². The lowest BCUT2D eigenvalue weighted by molar-refractivity contribution is 0.259. The van der Waals surface area contributed by atoms with Crippen molar-refractivity contribution in [2.75, 3.05) is 27.2 Å². The van der Waals surface area contributed by atoms with E-state index >= 15 is 0 Å². The fraction of sp³-hybridized carbons (Fsp3) is 0.545. The van der Waals surface area contributed by atoms with Crippen molar-refractivity contribution in [3.8, 4) is 5.75 Å². The first-order valence-corrected chi connectivity index (χ1v) is 5.46. The van der Waals surface area contributed by atoms with Crippen LogP contribution in [0, 0.1) is 6.92 Å². The molecule has 0 aliphatic rings. The molecule has 0 aliphatic heterocycles. The van der Waals surface area contributed by atoms with Crippen LogP contribution in [-0.2, 0) is 5.88 Å². The van der Waals surface area contributed by atoms with E-state index in [1.165, 1.54) is 0 Å². The number of likely N-dealkylation sites (N-methyl/N-ethyl adjacent to an activating group) is 1. The quantitative estimate of drug-likeness (QED) is 0.722. The number of halogens is 1. The van der Waals surface area contributed by atoms with Crippen molar-refractivity contribution in [3.05, 3.63) is 23.5 Å². The summed E-state index contributed by atoms with van der Waals surface area (Å²) in [6.45, 7) is 3.50. The highest BCUT2D eigenvalue weighted by atomic mass is 35.5. The standard InChI is InChI=1S/C11H17ClN2O/c1-9-6-11(10(7-12)8-13-9)15-5-4-14(2)3/h6,8H,4-5,7H2,1-3H3. The number of ether oxygens (including phenoxy) is 1. The molecule has 0 aromatic carbocycles. The van der Waals surface area contributed by atoms with E-state index in [1.54, 1.807) is 6.20 Å². The molecule has 0 fully saturated rings. The van der Waals surface area contributed by atoms with Crippen LogP contribution in [0.25, 0.3) is 0 Å². The zero-order valence-electron chi connectivity index (χ0n) is 9.46. The van der Waals surface area contributed by atoms with Crippen molar-refractivity contribution in [2.45, 2.75) is 12.8 Å². The van der Waals surface area contributed by atoms with Crippen LogP contribution < -0.4 is 4.74 Å². The molecule has 0 atom stereocenters. The molecular formula is C11H17ClN2O. The van der Waals surface area contributed by atoms with Gasteiger partial charge in [0.05, 0.1) is 5.88 Å². The Morgan fingerprint density at radius 2 is 2.20 bits per heavy atom. The Bertz CT molecular complexity index is 315. The van der Waals surface area contributed by atoms with Gasteiger partial charge in [0, 0.05) is 30.1 Å². The second-order valence-electron chi connectivity index (χ2n) is 3.72. The molecule has 0 spiro atoms. The van der Waals surface area contributed by atoms with E-state index in [4.69, 9.17) is 16.3 Å². The van der Waals surface area contributed by atoms with E-state index < -0.39 is 0 Å². The Kier molecular flexibility index (Phi) is 4.85. The molecule has 0 radical (unpaired) electrons. The molecule has 0 bridgehead atoms. The van der Waals surface area contributed by atoms with Gasteiger partial charge in [0.2, 0.25) is 0 Å². The number of alkyl halides is 1. The van der Waals surface area contributed by atoms with Gasteiger partial charge < -0.3 is 9.64 Å². The molecule has 0 amide bonds. The molecule has 3 nitrogen and oxygen atoms in total. The largest absolute Gasteiger partial charge is 0.492 e.